The first kappa shape index (κ1) is 21.1. The molecule has 1 aliphatic heterocycles. The van der Waals surface area contributed by atoms with Gasteiger partial charge in [0, 0.05) is 20.2 Å². The normalized spacial score (nSPS) is 19.2. The minimum Gasteiger partial charge on any atom is -0.478 e. The van der Waals surface area contributed by atoms with Crippen LogP contribution in [-0.4, -0.2) is 59.3 Å². The van der Waals surface area contributed by atoms with Crippen LogP contribution in [0.15, 0.2) is 18.2 Å². The number of halogens is 2. The van der Waals surface area contributed by atoms with Crippen molar-refractivity contribution in [3.63, 3.8) is 0 Å². The van der Waals surface area contributed by atoms with Crippen molar-refractivity contribution in [2.24, 2.45) is 0 Å². The van der Waals surface area contributed by atoms with Crippen LogP contribution >= 0.6 is 11.6 Å². The number of amides is 1. The second-order valence-electron chi connectivity index (χ2n) is 6.77. The first-order valence-electron chi connectivity index (χ1n) is 9.19. The fraction of sp³-hybridized carbons (Fsp3) is 0.421. The molecule has 0 saturated carbocycles. The van der Waals surface area contributed by atoms with Crippen molar-refractivity contribution in [3.05, 3.63) is 46.3 Å². The second-order valence-corrected chi connectivity index (χ2v) is 7.13. The van der Waals surface area contributed by atoms with Gasteiger partial charge in [0.25, 0.3) is 5.91 Å². The van der Waals surface area contributed by atoms with Crippen LogP contribution in [0.1, 0.15) is 40.0 Å². The predicted octanol–water partition coefficient (Wildman–Crippen LogP) is 2.49. The number of carboxylic acids is 1. The summed E-state index contributed by atoms with van der Waals surface area (Å²) in [6, 6.07) is 3.35. The van der Waals surface area contributed by atoms with Crippen molar-refractivity contribution >= 4 is 29.2 Å². The molecule has 10 heteroatoms. The Balaban J connectivity index is 1.72. The Labute approximate surface area is 172 Å². The summed E-state index contributed by atoms with van der Waals surface area (Å²) >= 11 is 5.99. The maximum atomic E-state index is 14.3. The van der Waals surface area contributed by atoms with E-state index in [1.54, 1.807) is 4.90 Å². The van der Waals surface area contributed by atoms with Crippen LogP contribution in [0.3, 0.4) is 0 Å². The van der Waals surface area contributed by atoms with E-state index in [2.05, 4.69) is 15.3 Å². The van der Waals surface area contributed by atoms with Gasteiger partial charge in [0.2, 0.25) is 0 Å². The summed E-state index contributed by atoms with van der Waals surface area (Å²) in [6.45, 7) is 2.61. The molecule has 1 saturated heterocycles. The van der Waals surface area contributed by atoms with Crippen LogP contribution in [0.4, 0.5) is 10.1 Å². The lowest BCUT2D eigenvalue weighted by Crippen LogP contribution is -2.55. The summed E-state index contributed by atoms with van der Waals surface area (Å²) in [5, 5.41) is 12.3. The number of nitrogens with zero attached hydrogens (tertiary/aromatic N) is 2. The third kappa shape index (κ3) is 4.51. The molecule has 0 aliphatic carbocycles. The van der Waals surface area contributed by atoms with E-state index < -0.39 is 23.8 Å². The zero-order valence-corrected chi connectivity index (χ0v) is 16.8. The third-order valence-electron chi connectivity index (χ3n) is 5.01. The average Bonchev–Trinajstić information content (AvgIpc) is 3.09. The van der Waals surface area contributed by atoms with Crippen LogP contribution in [0, 0.1) is 5.82 Å². The SMILES string of the molecule is CCc1[nH]c(C(=O)NC2CCN(c3cc(C(=O)O)ccc3F)CC2OC)nc1Cl. The molecule has 2 heterocycles. The van der Waals surface area contributed by atoms with Gasteiger partial charge in [-0.15, -0.1) is 0 Å². The van der Waals surface area contributed by atoms with Crippen molar-refractivity contribution in [1.82, 2.24) is 15.3 Å². The summed E-state index contributed by atoms with van der Waals surface area (Å²) in [6.07, 6.45) is 0.687. The fourth-order valence-electron chi connectivity index (χ4n) is 3.39. The summed E-state index contributed by atoms with van der Waals surface area (Å²) in [4.78, 5) is 32.4. The number of methoxy groups -OCH3 is 1. The van der Waals surface area contributed by atoms with Gasteiger partial charge in [-0.1, -0.05) is 18.5 Å². The van der Waals surface area contributed by atoms with Crippen molar-refractivity contribution in [3.8, 4) is 0 Å². The standard InChI is InChI=1S/C19H22ClFN4O4/c1-3-12-16(20)24-17(22-12)18(26)23-13-6-7-25(9-15(13)29-2)14-8-10(19(27)28)4-5-11(14)21/h4-5,8,13,15H,3,6-7,9H2,1-2H3,(H,22,24)(H,23,26)(H,27,28). The largest absolute Gasteiger partial charge is 0.478 e. The highest BCUT2D eigenvalue weighted by atomic mass is 35.5. The van der Waals surface area contributed by atoms with Gasteiger partial charge in [-0.25, -0.2) is 14.2 Å². The molecule has 2 unspecified atom stereocenters. The number of aromatic nitrogens is 2. The number of imidazole rings is 1. The van der Waals surface area contributed by atoms with Crippen LogP contribution in [0.25, 0.3) is 0 Å². The number of hydrogen-bond donors (Lipinski definition) is 3. The summed E-state index contributed by atoms with van der Waals surface area (Å²) < 4.78 is 19.8. The van der Waals surface area contributed by atoms with E-state index in [1.165, 1.54) is 19.2 Å². The van der Waals surface area contributed by atoms with Gasteiger partial charge in [0.05, 0.1) is 29.1 Å². The van der Waals surface area contributed by atoms with Gasteiger partial charge in [0.1, 0.15) is 5.82 Å². The van der Waals surface area contributed by atoms with Gasteiger partial charge < -0.3 is 25.0 Å². The number of rotatable bonds is 6. The van der Waals surface area contributed by atoms with Crippen molar-refractivity contribution in [1.29, 1.82) is 0 Å². The Morgan fingerprint density at radius 1 is 1.48 bits per heavy atom. The minimum absolute atomic E-state index is 0.00668. The molecule has 1 amide bonds. The van der Waals surface area contributed by atoms with E-state index >= 15 is 0 Å². The Bertz CT molecular complexity index is 920. The number of aryl methyl sites for hydroxylation is 1. The number of carboxylic acid groups (broad SMARTS) is 1. The van der Waals surface area contributed by atoms with E-state index in [9.17, 15) is 14.0 Å². The smallest absolute Gasteiger partial charge is 0.335 e. The fourth-order valence-corrected chi connectivity index (χ4v) is 3.66. The summed E-state index contributed by atoms with van der Waals surface area (Å²) in [5.74, 6) is -1.90. The molecule has 0 bridgehead atoms. The summed E-state index contributed by atoms with van der Waals surface area (Å²) in [5.41, 5.74) is 0.887. The molecule has 2 aromatic rings. The first-order valence-corrected chi connectivity index (χ1v) is 9.57. The molecule has 8 nitrogen and oxygen atoms in total. The number of carbonyl (C=O) groups excluding carboxylic acids is 1. The number of ether oxygens (including phenoxy) is 1. The lowest BCUT2D eigenvalue weighted by atomic mass is 10.00. The third-order valence-corrected chi connectivity index (χ3v) is 5.32. The lowest BCUT2D eigenvalue weighted by molar-refractivity contribution is 0.0537. The van der Waals surface area contributed by atoms with E-state index in [4.69, 9.17) is 21.4 Å². The van der Waals surface area contributed by atoms with E-state index in [-0.39, 0.29) is 28.3 Å². The van der Waals surface area contributed by atoms with Crippen molar-refractivity contribution < 1.29 is 23.8 Å². The molecule has 1 aromatic carbocycles. The van der Waals surface area contributed by atoms with Crippen LogP contribution < -0.4 is 10.2 Å². The van der Waals surface area contributed by atoms with Gasteiger partial charge in [-0.05, 0) is 31.0 Å². The predicted molar refractivity (Wildman–Crippen MR) is 105 cm³/mol. The minimum atomic E-state index is -1.12. The highest BCUT2D eigenvalue weighted by Crippen LogP contribution is 2.26. The van der Waals surface area contributed by atoms with Crippen molar-refractivity contribution in [2.45, 2.75) is 31.9 Å². The maximum Gasteiger partial charge on any atom is 0.335 e. The molecule has 3 rings (SSSR count). The molecule has 1 aromatic heterocycles. The highest BCUT2D eigenvalue weighted by Gasteiger charge is 2.32. The van der Waals surface area contributed by atoms with Crippen LogP contribution in [0.2, 0.25) is 5.15 Å². The molecular formula is C19H22ClFN4O4. The topological polar surface area (TPSA) is 108 Å². The number of aromatic carboxylic acids is 1. The first-order chi connectivity index (χ1) is 13.8. The molecule has 29 heavy (non-hydrogen) atoms. The monoisotopic (exact) mass is 424 g/mol. The zero-order chi connectivity index (χ0) is 21.1. The molecule has 1 fully saturated rings. The maximum absolute atomic E-state index is 14.3. The molecular weight excluding hydrogens is 403 g/mol. The molecule has 1 aliphatic rings. The Morgan fingerprint density at radius 3 is 2.86 bits per heavy atom. The number of piperidine rings is 1. The number of carbonyl (C=O) groups is 2. The van der Waals surface area contributed by atoms with Crippen LogP contribution in [0.5, 0.6) is 0 Å². The van der Waals surface area contributed by atoms with Crippen molar-refractivity contribution in [2.75, 3.05) is 25.1 Å². The van der Waals surface area contributed by atoms with Crippen LogP contribution in [-0.2, 0) is 11.2 Å². The van der Waals surface area contributed by atoms with E-state index in [0.717, 1.165) is 6.07 Å². The van der Waals surface area contributed by atoms with Gasteiger partial charge in [-0.3, -0.25) is 4.79 Å². The van der Waals surface area contributed by atoms with Gasteiger partial charge in [0.15, 0.2) is 11.0 Å². The molecule has 0 spiro atoms. The quantitative estimate of drug-likeness (QED) is 0.657. The molecule has 156 valence electrons. The number of nitrogens with one attached hydrogen (secondary N) is 2. The Hall–Kier alpha value is -2.65. The van der Waals surface area contributed by atoms with E-state index in [0.29, 0.717) is 31.6 Å². The lowest BCUT2D eigenvalue weighted by Gasteiger charge is -2.39. The number of hydrogen-bond acceptors (Lipinski definition) is 5. The molecule has 2 atom stereocenters. The Kier molecular flexibility index (Phi) is 6.39. The molecule has 3 N–H and O–H groups in total. The average molecular weight is 425 g/mol. The van der Waals surface area contributed by atoms with Gasteiger partial charge in [-0.2, -0.15) is 0 Å². The highest BCUT2D eigenvalue weighted by molar-refractivity contribution is 6.30. The second kappa shape index (κ2) is 8.79. The molecule has 0 radical (unpaired) electrons. The number of anilines is 1. The summed E-state index contributed by atoms with van der Waals surface area (Å²) in [7, 11) is 1.51. The number of aromatic amines is 1. The zero-order valence-electron chi connectivity index (χ0n) is 16.0. The Morgan fingerprint density at radius 2 is 2.24 bits per heavy atom. The number of H-pyrrole nitrogens is 1. The number of benzene rings is 1. The van der Waals surface area contributed by atoms with E-state index in [1.807, 2.05) is 6.92 Å². The van der Waals surface area contributed by atoms with Gasteiger partial charge >= 0.3 is 5.97 Å².